The van der Waals surface area contributed by atoms with Crippen molar-refractivity contribution in [2.45, 2.75) is 117 Å². The van der Waals surface area contributed by atoms with Crippen LogP contribution >= 0.6 is 0 Å². The Labute approximate surface area is 139 Å². The molecule has 2 nitrogen and oxygen atoms in total. The van der Waals surface area contributed by atoms with Crippen molar-refractivity contribution in [3.05, 3.63) is 0 Å². The summed E-state index contributed by atoms with van der Waals surface area (Å²) in [5.74, 6) is 1.46. The molecule has 2 heteroatoms. The van der Waals surface area contributed by atoms with Crippen LogP contribution in [0.25, 0.3) is 0 Å². The molecule has 0 fully saturated rings. The minimum absolute atomic E-state index is 0.478. The Morgan fingerprint density at radius 1 is 0.591 bits per heavy atom. The number of hydrogen-bond donors (Lipinski definition) is 0. The highest BCUT2D eigenvalue weighted by Crippen LogP contribution is 2.27. The Morgan fingerprint density at radius 3 is 1.23 bits per heavy atom. The molecule has 0 radical (unpaired) electrons. The summed E-state index contributed by atoms with van der Waals surface area (Å²) in [5, 5.41) is 9.84. The van der Waals surface area contributed by atoms with Crippen LogP contribution in [0.1, 0.15) is 105 Å². The molecule has 0 N–H and O–H groups in total. The molecule has 0 aliphatic carbocycles. The topological polar surface area (TPSA) is 24.7 Å². The minimum atomic E-state index is 0.478. The van der Waals surface area contributed by atoms with E-state index >= 15 is 0 Å². The van der Waals surface area contributed by atoms with Gasteiger partial charge in [0.25, 0.3) is 0 Å². The van der Waals surface area contributed by atoms with Crippen molar-refractivity contribution in [3.63, 3.8) is 0 Å². The van der Waals surface area contributed by atoms with Gasteiger partial charge in [0.05, 0.1) is 12.1 Å². The quantitative estimate of drug-likeness (QED) is 0.496. The van der Waals surface area contributed by atoms with Gasteiger partial charge < -0.3 is 0 Å². The van der Waals surface area contributed by atoms with Crippen molar-refractivity contribution >= 4 is 0 Å². The molecular weight excluding hydrogens is 268 g/mol. The molecule has 1 aliphatic rings. The summed E-state index contributed by atoms with van der Waals surface area (Å²) in [6.45, 7) is 9.27. The van der Waals surface area contributed by atoms with E-state index in [0.717, 1.165) is 11.8 Å². The van der Waals surface area contributed by atoms with Crippen molar-refractivity contribution in [1.29, 1.82) is 0 Å². The molecule has 130 valence electrons. The predicted octanol–water partition coefficient (Wildman–Crippen LogP) is 7.18. The van der Waals surface area contributed by atoms with Gasteiger partial charge in [0.1, 0.15) is 0 Å². The molecular formula is C20H40N2. The molecule has 0 spiro atoms. The Kier molecular flexibility index (Phi) is 10.8. The summed E-state index contributed by atoms with van der Waals surface area (Å²) in [5.41, 5.74) is 0. The lowest BCUT2D eigenvalue weighted by Gasteiger charge is -2.25. The second kappa shape index (κ2) is 12.1. The summed E-state index contributed by atoms with van der Waals surface area (Å²) >= 11 is 0. The maximum absolute atomic E-state index is 4.92. The van der Waals surface area contributed by atoms with Crippen LogP contribution in [-0.2, 0) is 0 Å². The van der Waals surface area contributed by atoms with E-state index in [1.165, 1.54) is 77.0 Å². The molecule has 0 saturated carbocycles. The first kappa shape index (κ1) is 19.6. The zero-order chi connectivity index (χ0) is 16.2. The average Bonchev–Trinajstić information content (AvgIpc) is 2.53. The maximum atomic E-state index is 4.92. The molecule has 1 aliphatic heterocycles. The summed E-state index contributed by atoms with van der Waals surface area (Å²) in [6.07, 6.45) is 15.8. The van der Waals surface area contributed by atoms with E-state index in [9.17, 15) is 0 Å². The van der Waals surface area contributed by atoms with Crippen LogP contribution in [0.5, 0.6) is 0 Å². The first-order valence-electron chi connectivity index (χ1n) is 10.2. The van der Waals surface area contributed by atoms with Gasteiger partial charge in [0.2, 0.25) is 0 Å². The molecule has 0 amide bonds. The molecule has 0 aromatic heterocycles. The van der Waals surface area contributed by atoms with E-state index in [2.05, 4.69) is 27.7 Å². The van der Waals surface area contributed by atoms with Gasteiger partial charge in [0, 0.05) is 0 Å². The fourth-order valence-corrected chi connectivity index (χ4v) is 4.03. The Bertz CT molecular complexity index is 251. The van der Waals surface area contributed by atoms with Crippen LogP contribution in [0.15, 0.2) is 10.2 Å². The number of azo groups is 1. The van der Waals surface area contributed by atoms with Gasteiger partial charge in [0.15, 0.2) is 0 Å². The summed E-state index contributed by atoms with van der Waals surface area (Å²) in [6, 6.07) is 0.956. The Balaban J connectivity index is 2.82. The number of nitrogens with zero attached hydrogens (tertiary/aromatic N) is 2. The molecule has 2 atom stereocenters. The van der Waals surface area contributed by atoms with Crippen LogP contribution < -0.4 is 0 Å². The van der Waals surface area contributed by atoms with Gasteiger partial charge in [-0.05, 0) is 24.7 Å². The Morgan fingerprint density at radius 2 is 0.909 bits per heavy atom. The fraction of sp³-hybridized carbons (Fsp3) is 1.00. The van der Waals surface area contributed by atoms with Crippen molar-refractivity contribution < 1.29 is 0 Å². The van der Waals surface area contributed by atoms with E-state index < -0.39 is 0 Å². The zero-order valence-electron chi connectivity index (χ0n) is 15.7. The normalized spacial score (nSPS) is 26.6. The maximum Gasteiger partial charge on any atom is 0.0736 e. The monoisotopic (exact) mass is 308 g/mol. The lowest BCUT2D eigenvalue weighted by molar-refractivity contribution is 0.316. The molecule has 2 unspecified atom stereocenters. The molecule has 0 bridgehead atoms. The minimum Gasteiger partial charge on any atom is -0.190 e. The molecule has 0 saturated heterocycles. The third-order valence-corrected chi connectivity index (χ3v) is 5.80. The fourth-order valence-electron chi connectivity index (χ4n) is 4.03. The van der Waals surface area contributed by atoms with Gasteiger partial charge >= 0.3 is 0 Å². The van der Waals surface area contributed by atoms with Gasteiger partial charge in [-0.1, -0.05) is 91.9 Å². The number of rotatable bonds is 6. The van der Waals surface area contributed by atoms with Crippen molar-refractivity contribution in [2.24, 2.45) is 22.1 Å². The van der Waals surface area contributed by atoms with Crippen LogP contribution in [0, 0.1) is 11.8 Å². The van der Waals surface area contributed by atoms with Crippen molar-refractivity contribution in [1.82, 2.24) is 0 Å². The third-order valence-electron chi connectivity index (χ3n) is 5.80. The van der Waals surface area contributed by atoms with Crippen LogP contribution in [0.2, 0.25) is 0 Å². The highest BCUT2D eigenvalue weighted by molar-refractivity contribution is 4.78. The second-order valence-corrected chi connectivity index (χ2v) is 7.22. The SMILES string of the molecule is CCC(CC)C1CCCCCCCCC(C(CC)CC)/N=N/1. The smallest absolute Gasteiger partial charge is 0.0736 e. The summed E-state index contributed by atoms with van der Waals surface area (Å²) in [7, 11) is 0. The Hall–Kier alpha value is -0.400. The van der Waals surface area contributed by atoms with E-state index in [-0.39, 0.29) is 0 Å². The molecule has 1 rings (SSSR count). The highest BCUT2D eigenvalue weighted by Gasteiger charge is 2.21. The zero-order valence-corrected chi connectivity index (χ0v) is 15.7. The number of hydrogen-bond acceptors (Lipinski definition) is 2. The van der Waals surface area contributed by atoms with Crippen LogP contribution in [0.4, 0.5) is 0 Å². The van der Waals surface area contributed by atoms with Crippen molar-refractivity contribution in [2.75, 3.05) is 0 Å². The van der Waals surface area contributed by atoms with Crippen LogP contribution in [-0.4, -0.2) is 12.1 Å². The van der Waals surface area contributed by atoms with Crippen molar-refractivity contribution in [3.8, 4) is 0 Å². The van der Waals surface area contributed by atoms with Gasteiger partial charge in [-0.2, -0.15) is 10.2 Å². The van der Waals surface area contributed by atoms with Gasteiger partial charge in [-0.3, -0.25) is 0 Å². The van der Waals surface area contributed by atoms with Gasteiger partial charge in [-0.25, -0.2) is 0 Å². The molecule has 1 heterocycles. The first-order chi connectivity index (χ1) is 10.8. The van der Waals surface area contributed by atoms with E-state index in [0.29, 0.717) is 12.1 Å². The first-order valence-corrected chi connectivity index (χ1v) is 10.2. The highest BCUT2D eigenvalue weighted by atomic mass is 15.1. The molecule has 0 aromatic carbocycles. The predicted molar refractivity (Wildman–Crippen MR) is 97.5 cm³/mol. The summed E-state index contributed by atoms with van der Waals surface area (Å²) in [4.78, 5) is 0. The average molecular weight is 309 g/mol. The van der Waals surface area contributed by atoms with E-state index in [1.807, 2.05) is 0 Å². The second-order valence-electron chi connectivity index (χ2n) is 7.22. The largest absolute Gasteiger partial charge is 0.190 e. The lowest BCUT2D eigenvalue weighted by atomic mass is 9.89. The lowest BCUT2D eigenvalue weighted by Crippen LogP contribution is -2.21. The summed E-state index contributed by atoms with van der Waals surface area (Å²) < 4.78 is 0. The third kappa shape index (κ3) is 6.79. The van der Waals surface area contributed by atoms with Gasteiger partial charge in [-0.15, -0.1) is 0 Å². The van der Waals surface area contributed by atoms with E-state index in [4.69, 9.17) is 10.2 Å². The molecule has 0 aromatic rings. The standard InChI is InChI=1S/C20H40N2/c1-5-17(6-2)19-15-13-11-9-10-12-14-16-20(22-21-19)18(7-3)8-4/h17-20H,5-16H2,1-4H3/b22-21+. The van der Waals surface area contributed by atoms with E-state index in [1.54, 1.807) is 0 Å². The van der Waals surface area contributed by atoms with Crippen LogP contribution in [0.3, 0.4) is 0 Å². The molecule has 22 heavy (non-hydrogen) atoms.